The zero-order valence-corrected chi connectivity index (χ0v) is 19.8. The fraction of sp³-hybridized carbons (Fsp3) is 0.200. The maximum Gasteiger partial charge on any atom is 0.188 e. The molecule has 3 heteroatoms. The number of aromatic nitrogens is 1. The van der Waals surface area contributed by atoms with Crippen LogP contribution in [0.1, 0.15) is 41.0 Å². The molecule has 0 saturated heterocycles. The number of carbonyl (C=O) groups is 1. The number of nitrogens with zero attached hydrogens (tertiary/aromatic N) is 2. The first-order valence-corrected chi connectivity index (χ1v) is 11.6. The molecule has 0 unspecified atom stereocenters. The molecule has 0 bridgehead atoms. The number of pyridine rings is 1. The van der Waals surface area contributed by atoms with Crippen molar-refractivity contribution in [2.75, 3.05) is 18.0 Å². The first kappa shape index (κ1) is 22.5. The number of hydrogen-bond donors (Lipinski definition) is 0. The van der Waals surface area contributed by atoms with Crippen LogP contribution in [0.3, 0.4) is 0 Å². The molecule has 166 valence electrons. The Morgan fingerprint density at radius 1 is 0.879 bits per heavy atom. The second-order valence-electron chi connectivity index (χ2n) is 8.29. The van der Waals surface area contributed by atoms with Crippen LogP contribution < -0.4 is 4.90 Å². The van der Waals surface area contributed by atoms with Crippen LogP contribution in [0.4, 0.5) is 5.69 Å². The molecule has 0 aliphatic heterocycles. The molecule has 1 aromatic heterocycles. The lowest BCUT2D eigenvalue weighted by molar-refractivity contribution is 0.104. The first-order chi connectivity index (χ1) is 16.0. The zero-order chi connectivity index (χ0) is 23.4. The average Bonchev–Trinajstić information content (AvgIpc) is 2.84. The van der Waals surface area contributed by atoms with Gasteiger partial charge in [0.2, 0.25) is 0 Å². The van der Waals surface area contributed by atoms with Crippen LogP contribution in [0.15, 0.2) is 78.9 Å². The highest BCUT2D eigenvalue weighted by Gasteiger charge is 2.18. The largest absolute Gasteiger partial charge is 0.372 e. The lowest BCUT2D eigenvalue weighted by Crippen LogP contribution is -2.21. The Bertz CT molecular complexity index is 1300. The Morgan fingerprint density at radius 3 is 2.21 bits per heavy atom. The van der Waals surface area contributed by atoms with E-state index < -0.39 is 0 Å². The van der Waals surface area contributed by atoms with E-state index in [-0.39, 0.29) is 5.78 Å². The van der Waals surface area contributed by atoms with Crippen LogP contribution in [0.5, 0.6) is 0 Å². The van der Waals surface area contributed by atoms with E-state index in [9.17, 15) is 4.79 Å². The van der Waals surface area contributed by atoms with Crippen LogP contribution >= 0.6 is 0 Å². The zero-order valence-electron chi connectivity index (χ0n) is 19.8. The summed E-state index contributed by atoms with van der Waals surface area (Å²) in [7, 11) is 0. The van der Waals surface area contributed by atoms with Gasteiger partial charge < -0.3 is 4.90 Å². The van der Waals surface area contributed by atoms with Gasteiger partial charge in [-0.25, -0.2) is 0 Å². The molecule has 4 rings (SSSR count). The van der Waals surface area contributed by atoms with Crippen molar-refractivity contribution in [1.82, 2.24) is 4.98 Å². The Balaban J connectivity index is 1.74. The summed E-state index contributed by atoms with van der Waals surface area (Å²) < 4.78 is 0. The molecular formula is C30H30N2O. The Labute approximate surface area is 196 Å². The summed E-state index contributed by atoms with van der Waals surface area (Å²) >= 11 is 0. The van der Waals surface area contributed by atoms with Gasteiger partial charge in [0.1, 0.15) is 0 Å². The van der Waals surface area contributed by atoms with Crippen LogP contribution in [0, 0.1) is 13.8 Å². The molecule has 0 atom stereocenters. The molecule has 3 nitrogen and oxygen atoms in total. The fourth-order valence-corrected chi connectivity index (χ4v) is 4.30. The van der Waals surface area contributed by atoms with Crippen LogP contribution in [0.25, 0.3) is 28.1 Å². The number of fused-ring (bicyclic) bond motifs is 1. The molecule has 0 spiro atoms. The van der Waals surface area contributed by atoms with Crippen LogP contribution in [0.2, 0.25) is 0 Å². The highest BCUT2D eigenvalue weighted by Crippen LogP contribution is 2.34. The van der Waals surface area contributed by atoms with E-state index in [1.807, 2.05) is 37.3 Å². The van der Waals surface area contributed by atoms with Gasteiger partial charge in [0, 0.05) is 35.4 Å². The van der Waals surface area contributed by atoms with Crippen molar-refractivity contribution in [3.63, 3.8) is 0 Å². The SMILES string of the molecule is CCN(CC)c1ccc(C=CC(=O)c2c(C)nc3ccccc3c2-c2ccc(C)cc2)cc1. The summed E-state index contributed by atoms with van der Waals surface area (Å²) in [5, 5.41) is 0.993. The van der Waals surface area contributed by atoms with Gasteiger partial charge in [-0.05, 0) is 63.1 Å². The minimum absolute atomic E-state index is 0.0332. The van der Waals surface area contributed by atoms with Crippen molar-refractivity contribution in [2.24, 2.45) is 0 Å². The van der Waals surface area contributed by atoms with Crippen molar-refractivity contribution >= 4 is 28.4 Å². The summed E-state index contributed by atoms with van der Waals surface area (Å²) in [5.74, 6) is -0.0332. The first-order valence-electron chi connectivity index (χ1n) is 11.6. The van der Waals surface area contributed by atoms with Gasteiger partial charge in [0.25, 0.3) is 0 Å². The van der Waals surface area contributed by atoms with Crippen molar-refractivity contribution in [3.8, 4) is 11.1 Å². The number of para-hydroxylation sites is 1. The van der Waals surface area contributed by atoms with E-state index in [4.69, 9.17) is 4.98 Å². The summed E-state index contributed by atoms with van der Waals surface area (Å²) in [4.78, 5) is 20.5. The molecular weight excluding hydrogens is 404 g/mol. The predicted octanol–water partition coefficient (Wildman–Crippen LogP) is 7.26. The second kappa shape index (κ2) is 9.83. The second-order valence-corrected chi connectivity index (χ2v) is 8.29. The van der Waals surface area contributed by atoms with E-state index in [2.05, 4.69) is 74.2 Å². The maximum absolute atomic E-state index is 13.5. The minimum Gasteiger partial charge on any atom is -0.372 e. The number of carbonyl (C=O) groups excluding carboxylic acids is 1. The molecule has 0 aliphatic rings. The van der Waals surface area contributed by atoms with Gasteiger partial charge >= 0.3 is 0 Å². The summed E-state index contributed by atoms with van der Waals surface area (Å²) in [6, 6.07) is 24.7. The summed E-state index contributed by atoms with van der Waals surface area (Å²) in [6.07, 6.45) is 3.56. The lowest BCUT2D eigenvalue weighted by atomic mass is 9.91. The maximum atomic E-state index is 13.5. The molecule has 3 aromatic carbocycles. The van der Waals surface area contributed by atoms with E-state index in [1.165, 1.54) is 11.3 Å². The molecule has 0 radical (unpaired) electrons. The summed E-state index contributed by atoms with van der Waals surface area (Å²) in [5.41, 5.74) is 7.67. The highest BCUT2D eigenvalue weighted by molar-refractivity contribution is 6.16. The van der Waals surface area contributed by atoms with E-state index in [0.29, 0.717) is 5.56 Å². The molecule has 0 amide bonds. The van der Waals surface area contributed by atoms with Crippen LogP contribution in [-0.4, -0.2) is 23.9 Å². The van der Waals surface area contributed by atoms with Gasteiger partial charge in [-0.1, -0.05) is 66.2 Å². The highest BCUT2D eigenvalue weighted by atomic mass is 16.1. The van der Waals surface area contributed by atoms with E-state index in [0.717, 1.165) is 46.4 Å². The molecule has 0 saturated carbocycles. The Morgan fingerprint density at radius 2 is 1.55 bits per heavy atom. The van der Waals surface area contributed by atoms with Crippen molar-refractivity contribution in [1.29, 1.82) is 0 Å². The number of rotatable bonds is 7. The number of hydrogen-bond acceptors (Lipinski definition) is 3. The van der Waals surface area contributed by atoms with Crippen molar-refractivity contribution in [3.05, 3.63) is 101 Å². The Hall–Kier alpha value is -3.72. The fourth-order valence-electron chi connectivity index (χ4n) is 4.30. The topological polar surface area (TPSA) is 33.2 Å². The van der Waals surface area contributed by atoms with Gasteiger partial charge in [0.15, 0.2) is 5.78 Å². The average molecular weight is 435 g/mol. The molecule has 0 N–H and O–H groups in total. The minimum atomic E-state index is -0.0332. The van der Waals surface area contributed by atoms with Gasteiger partial charge in [-0.2, -0.15) is 0 Å². The van der Waals surface area contributed by atoms with Crippen molar-refractivity contribution < 1.29 is 4.79 Å². The number of benzene rings is 3. The number of aryl methyl sites for hydroxylation is 2. The normalized spacial score (nSPS) is 11.3. The third-order valence-electron chi connectivity index (χ3n) is 6.11. The third kappa shape index (κ3) is 4.73. The van der Waals surface area contributed by atoms with Crippen LogP contribution in [-0.2, 0) is 0 Å². The number of anilines is 1. The third-order valence-corrected chi connectivity index (χ3v) is 6.11. The predicted molar refractivity (Wildman–Crippen MR) is 140 cm³/mol. The van der Waals surface area contributed by atoms with Crippen molar-refractivity contribution in [2.45, 2.75) is 27.7 Å². The molecule has 33 heavy (non-hydrogen) atoms. The van der Waals surface area contributed by atoms with Gasteiger partial charge in [-0.3, -0.25) is 9.78 Å². The summed E-state index contributed by atoms with van der Waals surface area (Å²) in [6.45, 7) is 10.2. The molecule has 1 heterocycles. The van der Waals surface area contributed by atoms with E-state index >= 15 is 0 Å². The quantitative estimate of drug-likeness (QED) is 0.227. The molecule has 0 fully saturated rings. The standard InChI is InChI=1S/C30H30N2O/c1-5-32(6-2)25-18-13-23(14-19-25)15-20-28(33)29-22(4)31-27-10-8-7-9-26(27)30(29)24-16-11-21(3)12-17-24/h7-20H,5-6H2,1-4H3. The van der Waals surface area contributed by atoms with Gasteiger partial charge in [0.05, 0.1) is 11.1 Å². The molecule has 0 aliphatic carbocycles. The Kier molecular flexibility index (Phi) is 6.69. The number of allylic oxidation sites excluding steroid dienone is 1. The van der Waals surface area contributed by atoms with Gasteiger partial charge in [-0.15, -0.1) is 0 Å². The number of ketones is 1. The monoisotopic (exact) mass is 434 g/mol. The van der Waals surface area contributed by atoms with E-state index in [1.54, 1.807) is 6.08 Å². The lowest BCUT2D eigenvalue weighted by Gasteiger charge is -2.20. The molecule has 4 aromatic rings. The smallest absolute Gasteiger partial charge is 0.188 e.